The molecule has 1 rings (SSSR count). The van der Waals surface area contributed by atoms with Gasteiger partial charge in [-0.2, -0.15) is 0 Å². The average molecular weight is 207 g/mol. The third kappa shape index (κ3) is 3.48. The van der Waals surface area contributed by atoms with Gasteiger partial charge in [0.2, 0.25) is 0 Å². The Morgan fingerprint density at radius 3 is 2.47 bits per heavy atom. The minimum absolute atomic E-state index is 0.0874. The van der Waals surface area contributed by atoms with Crippen LogP contribution in [-0.2, 0) is 0 Å². The van der Waals surface area contributed by atoms with E-state index in [0.717, 1.165) is 11.1 Å². The zero-order chi connectivity index (χ0) is 11.4. The Kier molecular flexibility index (Phi) is 4.04. The van der Waals surface area contributed by atoms with Gasteiger partial charge in [0.15, 0.2) is 0 Å². The first-order chi connectivity index (χ1) is 7.02. The summed E-state index contributed by atoms with van der Waals surface area (Å²) in [6.45, 7) is 5.98. The molecule has 2 heteroatoms. The molecule has 1 aromatic rings. The van der Waals surface area contributed by atoms with Crippen molar-refractivity contribution in [1.29, 1.82) is 0 Å². The van der Waals surface area contributed by atoms with Gasteiger partial charge in [-0.3, -0.25) is 0 Å². The van der Waals surface area contributed by atoms with Gasteiger partial charge in [0, 0.05) is 0 Å². The normalized spacial score (nSPS) is 12.3. The molecule has 0 radical (unpaired) electrons. The van der Waals surface area contributed by atoms with E-state index < -0.39 is 0 Å². The first-order valence-corrected chi connectivity index (χ1v) is 5.12. The van der Waals surface area contributed by atoms with E-state index >= 15 is 0 Å². The van der Waals surface area contributed by atoms with E-state index in [1.807, 2.05) is 33.9 Å². The second-order valence-corrected chi connectivity index (χ2v) is 4.07. The summed E-state index contributed by atoms with van der Waals surface area (Å²) in [6, 6.07) is 5.21. The number of likely N-dealkylation sites (N-methyl/N-ethyl adjacent to an activating group) is 1. The number of rotatable bonds is 3. The van der Waals surface area contributed by atoms with Gasteiger partial charge in [-0.25, -0.2) is 4.39 Å². The van der Waals surface area contributed by atoms with Crippen molar-refractivity contribution in [3.05, 3.63) is 46.8 Å². The number of benzene rings is 1. The predicted octanol–water partition coefficient (Wildman–Crippen LogP) is 3.36. The molecule has 15 heavy (non-hydrogen) atoms. The highest BCUT2D eigenvalue weighted by Crippen LogP contribution is 2.18. The van der Waals surface area contributed by atoms with Gasteiger partial charge in [0.05, 0.1) is 6.04 Å². The van der Waals surface area contributed by atoms with Gasteiger partial charge in [-0.05, 0) is 51.1 Å². The average Bonchev–Trinajstić information content (AvgIpc) is 2.12. The summed E-state index contributed by atoms with van der Waals surface area (Å²) < 4.78 is 13.2. The summed E-state index contributed by atoms with van der Waals surface area (Å²) >= 11 is 0. The van der Waals surface area contributed by atoms with Crippen LogP contribution in [0.25, 0.3) is 0 Å². The zero-order valence-corrected chi connectivity index (χ0v) is 9.76. The molecule has 0 saturated carbocycles. The molecule has 0 fully saturated rings. The van der Waals surface area contributed by atoms with Gasteiger partial charge >= 0.3 is 0 Å². The summed E-state index contributed by atoms with van der Waals surface area (Å²) in [7, 11) is 1.88. The minimum atomic E-state index is -0.174. The van der Waals surface area contributed by atoms with Gasteiger partial charge in [-0.15, -0.1) is 0 Å². The van der Waals surface area contributed by atoms with Crippen molar-refractivity contribution in [2.45, 2.75) is 26.8 Å². The second kappa shape index (κ2) is 5.08. The van der Waals surface area contributed by atoms with E-state index in [9.17, 15) is 4.39 Å². The maximum atomic E-state index is 13.2. The molecule has 0 spiro atoms. The minimum Gasteiger partial charge on any atom is -0.310 e. The fourth-order valence-electron chi connectivity index (χ4n) is 1.62. The lowest BCUT2D eigenvalue weighted by atomic mass is 10.0. The van der Waals surface area contributed by atoms with Crippen LogP contribution in [0.4, 0.5) is 4.39 Å². The molecule has 0 aliphatic carbocycles. The van der Waals surface area contributed by atoms with E-state index in [-0.39, 0.29) is 11.9 Å². The summed E-state index contributed by atoms with van der Waals surface area (Å²) in [6.07, 6.45) is 2.09. The van der Waals surface area contributed by atoms with Crippen molar-refractivity contribution >= 4 is 0 Å². The third-order valence-corrected chi connectivity index (χ3v) is 2.23. The molecule has 1 aromatic carbocycles. The van der Waals surface area contributed by atoms with Gasteiger partial charge in [-0.1, -0.05) is 17.7 Å². The van der Waals surface area contributed by atoms with Gasteiger partial charge < -0.3 is 5.32 Å². The van der Waals surface area contributed by atoms with Crippen LogP contribution < -0.4 is 5.32 Å². The van der Waals surface area contributed by atoms with Crippen molar-refractivity contribution in [3.63, 3.8) is 0 Å². The SMILES string of the molecule is CNC(C=C(C)C)c1cc(C)cc(F)c1. The lowest BCUT2D eigenvalue weighted by Crippen LogP contribution is -2.14. The predicted molar refractivity (Wildman–Crippen MR) is 62.4 cm³/mol. The first-order valence-electron chi connectivity index (χ1n) is 5.12. The molecule has 0 saturated heterocycles. The molecule has 0 aliphatic rings. The van der Waals surface area contributed by atoms with Crippen molar-refractivity contribution in [3.8, 4) is 0 Å². The van der Waals surface area contributed by atoms with Crippen LogP contribution in [0.15, 0.2) is 29.8 Å². The Hall–Kier alpha value is -1.15. The summed E-state index contributed by atoms with van der Waals surface area (Å²) in [5, 5.41) is 3.16. The summed E-state index contributed by atoms with van der Waals surface area (Å²) in [5.41, 5.74) is 3.14. The van der Waals surface area contributed by atoms with E-state index in [2.05, 4.69) is 11.4 Å². The van der Waals surface area contributed by atoms with Crippen LogP contribution in [0.1, 0.15) is 31.0 Å². The van der Waals surface area contributed by atoms with Crippen LogP contribution in [0.5, 0.6) is 0 Å². The number of halogens is 1. The molecular weight excluding hydrogens is 189 g/mol. The molecule has 1 unspecified atom stereocenters. The Morgan fingerprint density at radius 2 is 2.00 bits per heavy atom. The first kappa shape index (κ1) is 11.9. The highest BCUT2D eigenvalue weighted by Gasteiger charge is 2.07. The summed E-state index contributed by atoms with van der Waals surface area (Å²) in [5.74, 6) is -0.174. The van der Waals surface area contributed by atoms with Crippen molar-refractivity contribution in [2.75, 3.05) is 7.05 Å². The molecule has 1 N–H and O–H groups in total. The quantitative estimate of drug-likeness (QED) is 0.749. The van der Waals surface area contributed by atoms with Crippen LogP contribution in [0.3, 0.4) is 0 Å². The number of hydrogen-bond acceptors (Lipinski definition) is 1. The summed E-state index contributed by atoms with van der Waals surface area (Å²) in [4.78, 5) is 0. The number of allylic oxidation sites excluding steroid dienone is 1. The number of nitrogens with one attached hydrogen (secondary N) is 1. The standard InChI is InChI=1S/C13H18FN/c1-9(2)5-13(15-4)11-6-10(3)7-12(14)8-11/h5-8,13,15H,1-4H3. The van der Waals surface area contributed by atoms with E-state index in [0.29, 0.717) is 0 Å². The largest absolute Gasteiger partial charge is 0.310 e. The van der Waals surface area contributed by atoms with Crippen molar-refractivity contribution in [2.24, 2.45) is 0 Å². The number of aryl methyl sites for hydroxylation is 1. The Morgan fingerprint density at radius 1 is 1.33 bits per heavy atom. The lowest BCUT2D eigenvalue weighted by Gasteiger charge is -2.14. The monoisotopic (exact) mass is 207 g/mol. The molecule has 0 aliphatic heterocycles. The molecule has 0 aromatic heterocycles. The zero-order valence-electron chi connectivity index (χ0n) is 9.76. The molecule has 0 heterocycles. The Bertz CT molecular complexity index is 345. The fraction of sp³-hybridized carbons (Fsp3) is 0.385. The van der Waals surface area contributed by atoms with E-state index in [4.69, 9.17) is 0 Å². The van der Waals surface area contributed by atoms with Crippen LogP contribution in [-0.4, -0.2) is 7.05 Å². The topological polar surface area (TPSA) is 12.0 Å². The molecule has 82 valence electrons. The smallest absolute Gasteiger partial charge is 0.123 e. The molecule has 0 bridgehead atoms. The fourth-order valence-corrected chi connectivity index (χ4v) is 1.62. The van der Waals surface area contributed by atoms with Crippen molar-refractivity contribution < 1.29 is 4.39 Å². The highest BCUT2D eigenvalue weighted by atomic mass is 19.1. The van der Waals surface area contributed by atoms with Crippen molar-refractivity contribution in [1.82, 2.24) is 5.32 Å². The maximum Gasteiger partial charge on any atom is 0.123 e. The highest BCUT2D eigenvalue weighted by molar-refractivity contribution is 5.29. The second-order valence-electron chi connectivity index (χ2n) is 4.07. The molecule has 1 atom stereocenters. The Balaban J connectivity index is 3.07. The third-order valence-electron chi connectivity index (χ3n) is 2.23. The van der Waals surface area contributed by atoms with Crippen LogP contribution >= 0.6 is 0 Å². The lowest BCUT2D eigenvalue weighted by molar-refractivity contribution is 0.617. The molecular formula is C13H18FN. The van der Waals surface area contributed by atoms with Gasteiger partial charge in [0.25, 0.3) is 0 Å². The van der Waals surface area contributed by atoms with Gasteiger partial charge in [0.1, 0.15) is 5.82 Å². The Labute approximate surface area is 91.0 Å². The van der Waals surface area contributed by atoms with Crippen LogP contribution in [0.2, 0.25) is 0 Å². The maximum absolute atomic E-state index is 13.2. The molecule has 0 amide bonds. The molecule has 1 nitrogen and oxygen atoms in total. The van der Waals surface area contributed by atoms with E-state index in [1.165, 1.54) is 5.57 Å². The van der Waals surface area contributed by atoms with Crippen LogP contribution in [0, 0.1) is 12.7 Å². The van der Waals surface area contributed by atoms with E-state index in [1.54, 1.807) is 12.1 Å². The number of hydrogen-bond donors (Lipinski definition) is 1.